The summed E-state index contributed by atoms with van der Waals surface area (Å²) in [5.41, 5.74) is 2.06. The van der Waals surface area contributed by atoms with Crippen molar-refractivity contribution in [2.75, 3.05) is 0 Å². The monoisotopic (exact) mass is 556 g/mol. The largest absolute Gasteiger partial charge is 0.507 e. The van der Waals surface area contributed by atoms with Crippen LogP contribution in [0.5, 0.6) is 5.75 Å². The molecule has 0 radical (unpaired) electrons. The molecule has 10 atom stereocenters. The SMILES string of the molecule is CC(=NNC(=O)CC[C@H](C)[C@H]1CC[C@H]2[C@@H]3CC[C@@H]4C[C@H](O)CC[C@]4(C)[C@H]3C[C@H](O)[C@]12C)c1c(O)cc(C)oc1=O. The highest BCUT2D eigenvalue weighted by molar-refractivity contribution is 6.01. The Labute approximate surface area is 237 Å². The third-order valence-corrected chi connectivity index (χ3v) is 12.1. The number of fused-ring (bicyclic) bond motifs is 5. The van der Waals surface area contributed by atoms with Crippen LogP contribution in [0.25, 0.3) is 0 Å². The third-order valence-electron chi connectivity index (χ3n) is 12.1. The van der Waals surface area contributed by atoms with Gasteiger partial charge in [0, 0.05) is 12.5 Å². The molecular weight excluding hydrogens is 508 g/mol. The van der Waals surface area contributed by atoms with E-state index in [1.54, 1.807) is 13.8 Å². The molecule has 4 N–H and O–H groups in total. The number of carbonyl (C=O) groups excluding carboxylic acids is 1. The molecule has 4 aliphatic carbocycles. The normalized spacial score (nSPS) is 40.1. The Bertz CT molecular complexity index is 1210. The Morgan fingerprint density at radius 1 is 1.15 bits per heavy atom. The predicted molar refractivity (Wildman–Crippen MR) is 153 cm³/mol. The van der Waals surface area contributed by atoms with Crippen LogP contribution in [0.15, 0.2) is 20.4 Å². The number of aromatic hydroxyl groups is 1. The first-order chi connectivity index (χ1) is 18.9. The highest BCUT2D eigenvalue weighted by atomic mass is 16.4. The topological polar surface area (TPSA) is 132 Å². The highest BCUT2D eigenvalue weighted by Crippen LogP contribution is 2.68. The van der Waals surface area contributed by atoms with Crippen molar-refractivity contribution in [2.24, 2.45) is 51.4 Å². The summed E-state index contributed by atoms with van der Waals surface area (Å²) < 4.78 is 5.04. The van der Waals surface area contributed by atoms with Crippen molar-refractivity contribution < 1.29 is 24.5 Å². The average molecular weight is 557 g/mol. The summed E-state index contributed by atoms with van der Waals surface area (Å²) in [7, 11) is 0. The number of amides is 1. The minimum atomic E-state index is -0.692. The number of aryl methyl sites for hydroxylation is 1. The third kappa shape index (κ3) is 4.93. The van der Waals surface area contributed by atoms with Crippen molar-refractivity contribution >= 4 is 11.6 Å². The van der Waals surface area contributed by atoms with E-state index in [4.69, 9.17) is 4.42 Å². The Kier molecular flexibility index (Phi) is 7.99. The molecule has 4 aliphatic rings. The first-order valence-electron chi connectivity index (χ1n) is 15.4. The molecule has 5 rings (SSSR count). The summed E-state index contributed by atoms with van der Waals surface area (Å²) in [5.74, 6) is 2.72. The van der Waals surface area contributed by atoms with E-state index in [2.05, 4.69) is 31.3 Å². The van der Waals surface area contributed by atoms with Gasteiger partial charge in [-0.05, 0) is 118 Å². The Morgan fingerprint density at radius 3 is 2.62 bits per heavy atom. The predicted octanol–water partition coefficient (Wildman–Crippen LogP) is 4.90. The number of carbonyl (C=O) groups is 1. The summed E-state index contributed by atoms with van der Waals surface area (Å²) in [4.78, 5) is 24.8. The molecule has 4 saturated carbocycles. The fourth-order valence-electron chi connectivity index (χ4n) is 9.91. The maximum absolute atomic E-state index is 12.7. The number of nitrogens with zero attached hydrogens (tertiary/aromatic N) is 1. The van der Waals surface area contributed by atoms with Crippen LogP contribution in [0.2, 0.25) is 0 Å². The van der Waals surface area contributed by atoms with E-state index in [1.807, 2.05) is 0 Å². The molecule has 0 saturated heterocycles. The second kappa shape index (κ2) is 10.9. The second-order valence-electron chi connectivity index (χ2n) is 14.0. The van der Waals surface area contributed by atoms with Crippen molar-refractivity contribution in [1.29, 1.82) is 0 Å². The van der Waals surface area contributed by atoms with Crippen LogP contribution in [0.3, 0.4) is 0 Å². The summed E-state index contributed by atoms with van der Waals surface area (Å²) in [6.45, 7) is 10.1. The minimum absolute atomic E-state index is 0.0546. The van der Waals surface area contributed by atoms with Gasteiger partial charge in [0.15, 0.2) is 0 Å². The van der Waals surface area contributed by atoms with Gasteiger partial charge in [-0.15, -0.1) is 0 Å². The van der Waals surface area contributed by atoms with Crippen LogP contribution < -0.4 is 11.1 Å². The Hall–Kier alpha value is -2.19. The van der Waals surface area contributed by atoms with Crippen LogP contribution >= 0.6 is 0 Å². The molecule has 8 nitrogen and oxygen atoms in total. The number of rotatable bonds is 6. The van der Waals surface area contributed by atoms with Crippen molar-refractivity contribution in [3.8, 4) is 5.75 Å². The number of hydrogen-bond donors (Lipinski definition) is 4. The van der Waals surface area contributed by atoms with Gasteiger partial charge in [0.2, 0.25) is 5.91 Å². The van der Waals surface area contributed by atoms with E-state index in [1.165, 1.54) is 18.9 Å². The van der Waals surface area contributed by atoms with E-state index < -0.39 is 5.63 Å². The first-order valence-corrected chi connectivity index (χ1v) is 15.4. The zero-order valence-corrected chi connectivity index (χ0v) is 24.8. The molecule has 222 valence electrons. The standard InChI is InChI=1S/C32H48N2O6/c1-17(6-11-28(38)34-33-19(3)29-26(36)14-18(2)40-30(29)39)23-9-10-24-22-8-7-20-15-21(35)12-13-31(20,4)25(22)16-27(37)32(23,24)5/h14,17,20-25,27,35-37H,6-13,15-16H2,1-5H3,(H,34,38)/t17-,20+,21+,22-,23+,24-,25-,27-,31-,32+/m0/s1. The molecule has 0 spiro atoms. The maximum Gasteiger partial charge on any atom is 0.348 e. The van der Waals surface area contributed by atoms with Gasteiger partial charge in [-0.25, -0.2) is 10.2 Å². The van der Waals surface area contributed by atoms with Gasteiger partial charge in [-0.3, -0.25) is 4.79 Å². The van der Waals surface area contributed by atoms with Crippen molar-refractivity contribution in [1.82, 2.24) is 5.43 Å². The summed E-state index contributed by atoms with van der Waals surface area (Å²) in [6.07, 6.45) is 8.87. The second-order valence-corrected chi connectivity index (χ2v) is 14.0. The molecule has 0 aromatic carbocycles. The summed E-state index contributed by atoms with van der Waals surface area (Å²) >= 11 is 0. The van der Waals surface area contributed by atoms with Crippen LogP contribution in [-0.4, -0.2) is 39.1 Å². The number of aliphatic hydroxyl groups excluding tert-OH is 2. The summed E-state index contributed by atoms with van der Waals surface area (Å²) in [5, 5.41) is 36.2. The van der Waals surface area contributed by atoms with E-state index in [-0.39, 0.29) is 51.9 Å². The molecule has 1 aromatic heterocycles. The molecule has 0 aliphatic heterocycles. The van der Waals surface area contributed by atoms with Gasteiger partial charge in [0.1, 0.15) is 17.1 Å². The Balaban J connectivity index is 1.22. The van der Waals surface area contributed by atoms with E-state index >= 15 is 0 Å². The number of nitrogens with one attached hydrogen (secondary N) is 1. The van der Waals surface area contributed by atoms with Gasteiger partial charge >= 0.3 is 5.63 Å². The zero-order chi connectivity index (χ0) is 29.0. The molecule has 1 heterocycles. The quantitative estimate of drug-likeness (QED) is 0.291. The highest BCUT2D eigenvalue weighted by Gasteiger charge is 2.63. The minimum Gasteiger partial charge on any atom is -0.507 e. The molecular formula is C32H48N2O6. The fraction of sp³-hybridized carbons (Fsp3) is 0.781. The van der Waals surface area contributed by atoms with Gasteiger partial charge in [-0.2, -0.15) is 5.10 Å². The van der Waals surface area contributed by atoms with Gasteiger partial charge < -0.3 is 19.7 Å². The van der Waals surface area contributed by atoms with Crippen LogP contribution in [0, 0.1) is 53.3 Å². The molecule has 1 aromatic rings. The van der Waals surface area contributed by atoms with Crippen molar-refractivity contribution in [2.45, 2.75) is 111 Å². The van der Waals surface area contributed by atoms with Gasteiger partial charge in [0.05, 0.1) is 17.9 Å². The average Bonchev–Trinajstić information content (AvgIpc) is 3.25. The lowest BCUT2D eigenvalue weighted by atomic mass is 9.43. The molecule has 0 bridgehead atoms. The zero-order valence-electron chi connectivity index (χ0n) is 24.8. The lowest BCUT2D eigenvalue weighted by Gasteiger charge is -2.62. The molecule has 0 unspecified atom stereocenters. The number of aliphatic hydroxyl groups is 2. The van der Waals surface area contributed by atoms with Crippen molar-refractivity contribution in [3.63, 3.8) is 0 Å². The lowest BCUT2D eigenvalue weighted by Crippen LogP contribution is -2.58. The van der Waals surface area contributed by atoms with E-state index in [0.717, 1.165) is 38.5 Å². The molecule has 1 amide bonds. The van der Waals surface area contributed by atoms with E-state index in [0.29, 0.717) is 48.2 Å². The Morgan fingerprint density at radius 2 is 1.90 bits per heavy atom. The van der Waals surface area contributed by atoms with Crippen LogP contribution in [0.4, 0.5) is 0 Å². The van der Waals surface area contributed by atoms with Crippen LogP contribution in [0.1, 0.15) is 103 Å². The van der Waals surface area contributed by atoms with Gasteiger partial charge in [-0.1, -0.05) is 20.8 Å². The molecule has 8 heteroatoms. The molecule has 4 fully saturated rings. The van der Waals surface area contributed by atoms with Crippen LogP contribution in [-0.2, 0) is 4.79 Å². The summed E-state index contributed by atoms with van der Waals surface area (Å²) in [6, 6.07) is 1.35. The smallest absolute Gasteiger partial charge is 0.348 e. The van der Waals surface area contributed by atoms with E-state index in [9.17, 15) is 24.9 Å². The first kappa shape index (κ1) is 29.3. The van der Waals surface area contributed by atoms with Gasteiger partial charge in [0.25, 0.3) is 0 Å². The molecule has 40 heavy (non-hydrogen) atoms. The van der Waals surface area contributed by atoms with Crippen molar-refractivity contribution in [3.05, 3.63) is 27.8 Å². The number of hydrazone groups is 1. The fourth-order valence-corrected chi connectivity index (χ4v) is 9.91. The maximum atomic E-state index is 12.7. The lowest BCUT2D eigenvalue weighted by molar-refractivity contribution is -0.174. The number of hydrogen-bond acceptors (Lipinski definition) is 7.